The number of likely N-dealkylation sites (N-methyl/N-ethyl adjacent to an activating group) is 1. The Kier molecular flexibility index (Phi) is 12.1. The van der Waals surface area contributed by atoms with Gasteiger partial charge in [-0.1, -0.05) is 0 Å². The highest BCUT2D eigenvalue weighted by Gasteiger charge is 2.03. The lowest BCUT2D eigenvalue weighted by atomic mass is 10.4. The van der Waals surface area contributed by atoms with Crippen LogP contribution in [0.3, 0.4) is 0 Å². The fourth-order valence-electron chi connectivity index (χ4n) is 1.44. The molecule has 0 amide bonds. The Morgan fingerprint density at radius 3 is 1.82 bits per heavy atom. The Hall–Kier alpha value is -0.200. The Morgan fingerprint density at radius 2 is 1.35 bits per heavy atom. The summed E-state index contributed by atoms with van der Waals surface area (Å²) in [6.07, 6.45) is 0. The quantitative estimate of drug-likeness (QED) is 0.481. The van der Waals surface area contributed by atoms with Gasteiger partial charge in [-0.25, -0.2) is 0 Å². The highest BCUT2D eigenvalue weighted by Crippen LogP contribution is 1.88. The summed E-state index contributed by atoms with van der Waals surface area (Å²) in [4.78, 5) is 4.54. The molecule has 17 heavy (non-hydrogen) atoms. The molecule has 0 radical (unpaired) electrons. The van der Waals surface area contributed by atoms with Crippen LogP contribution in [0.5, 0.6) is 0 Å². The topological polar surface area (TPSA) is 37.0 Å². The van der Waals surface area contributed by atoms with E-state index >= 15 is 0 Å². The molecule has 0 saturated carbocycles. The van der Waals surface area contributed by atoms with Gasteiger partial charge in [-0.2, -0.15) is 0 Å². The fourth-order valence-corrected chi connectivity index (χ4v) is 1.44. The van der Waals surface area contributed by atoms with Crippen LogP contribution in [0.4, 0.5) is 0 Å². The van der Waals surface area contributed by atoms with Crippen molar-refractivity contribution in [3.8, 4) is 0 Å². The van der Waals surface area contributed by atoms with Crippen LogP contribution in [0.2, 0.25) is 0 Å². The van der Waals surface area contributed by atoms with Crippen LogP contribution < -0.4 is 5.32 Å². The minimum Gasteiger partial charge on any atom is -0.383 e. The first-order chi connectivity index (χ1) is 8.20. The van der Waals surface area contributed by atoms with Crippen LogP contribution in [0.1, 0.15) is 0 Å². The normalized spacial score (nSPS) is 11.6. The van der Waals surface area contributed by atoms with Crippen LogP contribution in [-0.4, -0.2) is 90.6 Å². The Morgan fingerprint density at radius 1 is 0.824 bits per heavy atom. The molecule has 0 aromatic rings. The number of hydrogen-bond acceptors (Lipinski definition) is 5. The summed E-state index contributed by atoms with van der Waals surface area (Å²) in [5.41, 5.74) is 0. The summed E-state index contributed by atoms with van der Waals surface area (Å²) in [5.74, 6) is 0. The van der Waals surface area contributed by atoms with E-state index in [1.165, 1.54) is 0 Å². The van der Waals surface area contributed by atoms with Crippen molar-refractivity contribution in [1.29, 1.82) is 0 Å². The second-order valence-electron chi connectivity index (χ2n) is 4.38. The molecule has 0 heterocycles. The average Bonchev–Trinajstić information content (AvgIpc) is 2.30. The first-order valence-corrected chi connectivity index (χ1v) is 6.26. The molecular weight excluding hydrogens is 218 g/mol. The zero-order valence-electron chi connectivity index (χ0n) is 11.9. The minimum absolute atomic E-state index is 0.779. The van der Waals surface area contributed by atoms with E-state index in [-0.39, 0.29) is 0 Å². The lowest BCUT2D eigenvalue weighted by Crippen LogP contribution is -2.38. The van der Waals surface area contributed by atoms with Crippen molar-refractivity contribution in [3.05, 3.63) is 0 Å². The molecule has 1 N–H and O–H groups in total. The number of ether oxygens (including phenoxy) is 2. The van der Waals surface area contributed by atoms with Crippen LogP contribution in [0.15, 0.2) is 0 Å². The number of nitrogens with zero attached hydrogens (tertiary/aromatic N) is 2. The molecule has 0 unspecified atom stereocenters. The number of hydrogen-bond donors (Lipinski definition) is 1. The van der Waals surface area contributed by atoms with Crippen LogP contribution >= 0.6 is 0 Å². The molecule has 0 atom stereocenters. The van der Waals surface area contributed by atoms with Crippen molar-refractivity contribution in [1.82, 2.24) is 15.1 Å². The first kappa shape index (κ1) is 16.8. The van der Waals surface area contributed by atoms with Gasteiger partial charge in [0.15, 0.2) is 0 Å². The van der Waals surface area contributed by atoms with Crippen molar-refractivity contribution >= 4 is 0 Å². The SMILES string of the molecule is COCCN(CCNCCN(C)C)CCOC. The maximum absolute atomic E-state index is 5.10. The summed E-state index contributed by atoms with van der Waals surface area (Å²) in [7, 11) is 7.66. The van der Waals surface area contributed by atoms with Crippen LogP contribution in [-0.2, 0) is 9.47 Å². The molecule has 0 fully saturated rings. The largest absolute Gasteiger partial charge is 0.383 e. The van der Waals surface area contributed by atoms with Crippen molar-refractivity contribution in [2.24, 2.45) is 0 Å². The number of rotatable bonds is 12. The van der Waals surface area contributed by atoms with Gasteiger partial charge in [-0.3, -0.25) is 4.90 Å². The summed E-state index contributed by atoms with van der Waals surface area (Å²) < 4.78 is 10.2. The molecule has 104 valence electrons. The predicted octanol–water partition coefficient (Wildman–Crippen LogP) is -0.268. The molecule has 0 aliphatic rings. The number of methoxy groups -OCH3 is 2. The van der Waals surface area contributed by atoms with Crippen molar-refractivity contribution in [2.75, 3.05) is 80.8 Å². The van der Waals surface area contributed by atoms with Crippen molar-refractivity contribution in [2.45, 2.75) is 0 Å². The van der Waals surface area contributed by atoms with Gasteiger partial charge in [0, 0.05) is 53.5 Å². The summed E-state index contributed by atoms with van der Waals surface area (Å²) in [5, 5.41) is 3.44. The molecule has 0 aromatic carbocycles. The van der Waals surface area contributed by atoms with Gasteiger partial charge in [0.2, 0.25) is 0 Å². The lowest BCUT2D eigenvalue weighted by Gasteiger charge is -2.21. The van der Waals surface area contributed by atoms with Crippen molar-refractivity contribution < 1.29 is 9.47 Å². The van der Waals surface area contributed by atoms with E-state index in [0.717, 1.165) is 52.5 Å². The van der Waals surface area contributed by atoms with E-state index < -0.39 is 0 Å². The first-order valence-electron chi connectivity index (χ1n) is 6.26. The third-order valence-electron chi connectivity index (χ3n) is 2.56. The van der Waals surface area contributed by atoms with Gasteiger partial charge in [0.25, 0.3) is 0 Å². The van der Waals surface area contributed by atoms with Crippen LogP contribution in [0, 0.1) is 0 Å². The molecule has 0 aromatic heterocycles. The summed E-state index contributed by atoms with van der Waals surface area (Å²) in [6, 6.07) is 0. The predicted molar refractivity (Wildman–Crippen MR) is 71.6 cm³/mol. The fraction of sp³-hybridized carbons (Fsp3) is 1.00. The smallest absolute Gasteiger partial charge is 0.0589 e. The van der Waals surface area contributed by atoms with Gasteiger partial charge in [-0.15, -0.1) is 0 Å². The monoisotopic (exact) mass is 247 g/mol. The lowest BCUT2D eigenvalue weighted by molar-refractivity contribution is 0.114. The third kappa shape index (κ3) is 12.1. The Labute approximate surface area is 106 Å². The molecule has 5 heteroatoms. The van der Waals surface area contributed by atoms with Gasteiger partial charge < -0.3 is 19.7 Å². The maximum atomic E-state index is 5.10. The zero-order chi connectivity index (χ0) is 12.9. The Balaban J connectivity index is 3.52. The second-order valence-corrected chi connectivity index (χ2v) is 4.38. The van der Waals surface area contributed by atoms with Gasteiger partial charge >= 0.3 is 0 Å². The average molecular weight is 247 g/mol. The minimum atomic E-state index is 0.779. The summed E-state index contributed by atoms with van der Waals surface area (Å²) in [6.45, 7) is 7.67. The molecular formula is C12H29N3O2. The van der Waals surface area contributed by atoms with E-state index in [9.17, 15) is 0 Å². The van der Waals surface area contributed by atoms with Gasteiger partial charge in [0.1, 0.15) is 0 Å². The Bertz CT molecular complexity index is 149. The van der Waals surface area contributed by atoms with Crippen molar-refractivity contribution in [3.63, 3.8) is 0 Å². The molecule has 0 spiro atoms. The van der Waals surface area contributed by atoms with Crippen LogP contribution in [0.25, 0.3) is 0 Å². The third-order valence-corrected chi connectivity index (χ3v) is 2.56. The van der Waals surface area contributed by atoms with E-state index in [2.05, 4.69) is 29.2 Å². The van der Waals surface area contributed by atoms with Gasteiger partial charge in [0.05, 0.1) is 13.2 Å². The highest BCUT2D eigenvalue weighted by molar-refractivity contribution is 4.60. The van der Waals surface area contributed by atoms with E-state index in [4.69, 9.17) is 9.47 Å². The molecule has 0 bridgehead atoms. The molecule has 0 aliphatic carbocycles. The number of nitrogens with one attached hydrogen (secondary N) is 1. The standard InChI is InChI=1S/C12H29N3O2/c1-14(2)7-5-13-6-8-15(9-11-16-3)10-12-17-4/h13H,5-12H2,1-4H3. The second kappa shape index (κ2) is 12.3. The highest BCUT2D eigenvalue weighted by atomic mass is 16.5. The molecule has 0 rings (SSSR count). The van der Waals surface area contributed by atoms with E-state index in [1.54, 1.807) is 14.2 Å². The van der Waals surface area contributed by atoms with E-state index in [1.807, 2.05) is 0 Å². The maximum Gasteiger partial charge on any atom is 0.0589 e. The zero-order valence-corrected chi connectivity index (χ0v) is 11.9. The molecule has 5 nitrogen and oxygen atoms in total. The van der Waals surface area contributed by atoms with Gasteiger partial charge in [-0.05, 0) is 14.1 Å². The molecule has 0 saturated heterocycles. The molecule has 0 aliphatic heterocycles. The van der Waals surface area contributed by atoms with E-state index in [0.29, 0.717) is 0 Å². The summed E-state index contributed by atoms with van der Waals surface area (Å²) >= 11 is 0.